The molecule has 0 saturated carbocycles. The molecule has 0 spiro atoms. The van der Waals surface area contributed by atoms with Crippen LogP contribution in [-0.2, 0) is 9.53 Å². The van der Waals surface area contributed by atoms with Crippen molar-refractivity contribution in [3.05, 3.63) is 35.0 Å². The van der Waals surface area contributed by atoms with Gasteiger partial charge in [-0.05, 0) is 18.9 Å². The first-order chi connectivity index (χ1) is 11.0. The van der Waals surface area contributed by atoms with Crippen molar-refractivity contribution in [3.63, 3.8) is 0 Å². The number of hydrogen-bond donors (Lipinski definition) is 3. The van der Waals surface area contributed by atoms with Crippen molar-refractivity contribution in [2.45, 2.75) is 24.8 Å². The van der Waals surface area contributed by atoms with Crippen molar-refractivity contribution in [1.29, 1.82) is 0 Å². The Kier molecular flexibility index (Phi) is 4.28. The van der Waals surface area contributed by atoms with Crippen molar-refractivity contribution in [3.8, 4) is 0 Å². The first-order valence-corrected chi connectivity index (χ1v) is 7.77. The second-order valence-corrected chi connectivity index (χ2v) is 6.15. The number of carboxylic acid groups (broad SMARTS) is 1. The van der Waals surface area contributed by atoms with Crippen LogP contribution in [0.4, 0.5) is 0 Å². The molecule has 0 bridgehead atoms. The van der Waals surface area contributed by atoms with E-state index in [0.717, 1.165) is 10.9 Å². The molecule has 2 aromatic rings. The largest absolute Gasteiger partial charge is 0.481 e. The fourth-order valence-corrected chi connectivity index (χ4v) is 3.26. The molecule has 1 aromatic heterocycles. The number of para-hydroxylation sites is 1. The number of halogens is 1. The van der Waals surface area contributed by atoms with Crippen LogP contribution in [0.15, 0.2) is 24.3 Å². The van der Waals surface area contributed by atoms with E-state index in [-0.39, 0.29) is 12.1 Å². The van der Waals surface area contributed by atoms with Gasteiger partial charge in [0.2, 0.25) is 0 Å². The lowest BCUT2D eigenvalue weighted by molar-refractivity contribution is -0.139. The SMILES string of the molecule is O=C(O)CC1(NC(=O)c2[nH]c3ccccc3c2Cl)CCOCC1. The predicted molar refractivity (Wildman–Crippen MR) is 85.8 cm³/mol. The number of hydrogen-bond acceptors (Lipinski definition) is 3. The number of benzene rings is 1. The summed E-state index contributed by atoms with van der Waals surface area (Å²) >= 11 is 6.29. The van der Waals surface area contributed by atoms with Gasteiger partial charge in [-0.3, -0.25) is 9.59 Å². The zero-order valence-electron chi connectivity index (χ0n) is 12.4. The molecule has 1 saturated heterocycles. The Bertz CT molecular complexity index is 750. The second-order valence-electron chi connectivity index (χ2n) is 5.78. The van der Waals surface area contributed by atoms with E-state index in [0.29, 0.717) is 31.1 Å². The molecule has 7 heteroatoms. The summed E-state index contributed by atoms with van der Waals surface area (Å²) in [6.07, 6.45) is 0.783. The van der Waals surface area contributed by atoms with Gasteiger partial charge in [0.15, 0.2) is 0 Å². The Balaban J connectivity index is 1.88. The topological polar surface area (TPSA) is 91.4 Å². The summed E-state index contributed by atoms with van der Waals surface area (Å²) in [6.45, 7) is 0.849. The van der Waals surface area contributed by atoms with E-state index in [1.54, 1.807) is 0 Å². The number of amides is 1. The van der Waals surface area contributed by atoms with Gasteiger partial charge in [0.05, 0.1) is 17.0 Å². The van der Waals surface area contributed by atoms with E-state index < -0.39 is 17.4 Å². The molecule has 2 heterocycles. The molecule has 1 amide bonds. The second kappa shape index (κ2) is 6.22. The van der Waals surface area contributed by atoms with Crippen LogP contribution in [0.25, 0.3) is 10.9 Å². The van der Waals surface area contributed by atoms with Crippen LogP contribution in [0.3, 0.4) is 0 Å². The number of ether oxygens (including phenoxy) is 1. The Hall–Kier alpha value is -2.05. The van der Waals surface area contributed by atoms with E-state index in [1.807, 2.05) is 24.3 Å². The third-order valence-electron chi connectivity index (χ3n) is 4.19. The quantitative estimate of drug-likeness (QED) is 0.800. The standard InChI is InChI=1S/C16H17ClN2O4/c17-13-10-3-1-2-4-11(10)18-14(13)15(22)19-16(9-12(20)21)5-7-23-8-6-16/h1-4,18H,5-9H2,(H,19,22)(H,20,21). The van der Waals surface area contributed by atoms with Crippen LogP contribution >= 0.6 is 11.6 Å². The minimum absolute atomic E-state index is 0.139. The summed E-state index contributed by atoms with van der Waals surface area (Å²) < 4.78 is 5.29. The van der Waals surface area contributed by atoms with Crippen molar-refractivity contribution in [2.75, 3.05) is 13.2 Å². The Morgan fingerprint density at radius 1 is 1.30 bits per heavy atom. The van der Waals surface area contributed by atoms with E-state index in [2.05, 4.69) is 10.3 Å². The van der Waals surface area contributed by atoms with E-state index >= 15 is 0 Å². The fraction of sp³-hybridized carbons (Fsp3) is 0.375. The summed E-state index contributed by atoms with van der Waals surface area (Å²) in [5.74, 6) is -1.34. The molecule has 3 rings (SSSR count). The van der Waals surface area contributed by atoms with Crippen molar-refractivity contribution in [1.82, 2.24) is 10.3 Å². The average Bonchev–Trinajstić information content (AvgIpc) is 2.85. The highest BCUT2D eigenvalue weighted by molar-refractivity contribution is 6.38. The maximum Gasteiger partial charge on any atom is 0.305 e. The number of H-pyrrole nitrogens is 1. The molecule has 23 heavy (non-hydrogen) atoms. The molecular formula is C16H17ClN2O4. The molecule has 0 aliphatic carbocycles. The van der Waals surface area contributed by atoms with Gasteiger partial charge in [-0.25, -0.2) is 0 Å². The van der Waals surface area contributed by atoms with Gasteiger partial charge in [0, 0.05) is 24.1 Å². The van der Waals surface area contributed by atoms with E-state index in [1.165, 1.54) is 0 Å². The molecule has 1 fully saturated rings. The Labute approximate surface area is 137 Å². The molecule has 3 N–H and O–H groups in total. The highest BCUT2D eigenvalue weighted by Gasteiger charge is 2.37. The molecule has 1 aliphatic rings. The van der Waals surface area contributed by atoms with Crippen molar-refractivity contribution < 1.29 is 19.4 Å². The number of carbonyl (C=O) groups is 2. The number of aromatic amines is 1. The number of nitrogens with one attached hydrogen (secondary N) is 2. The van der Waals surface area contributed by atoms with Gasteiger partial charge in [-0.15, -0.1) is 0 Å². The number of fused-ring (bicyclic) bond motifs is 1. The lowest BCUT2D eigenvalue weighted by Crippen LogP contribution is -2.53. The van der Waals surface area contributed by atoms with Gasteiger partial charge in [0.1, 0.15) is 5.69 Å². The van der Waals surface area contributed by atoms with Crippen LogP contribution in [0, 0.1) is 0 Å². The van der Waals surface area contributed by atoms with Crippen molar-refractivity contribution >= 4 is 34.4 Å². The lowest BCUT2D eigenvalue weighted by atomic mass is 9.86. The van der Waals surface area contributed by atoms with Crippen LogP contribution in [0.1, 0.15) is 29.8 Å². The van der Waals surface area contributed by atoms with Gasteiger partial charge < -0.3 is 20.1 Å². The smallest absolute Gasteiger partial charge is 0.305 e. The lowest BCUT2D eigenvalue weighted by Gasteiger charge is -2.36. The number of carbonyl (C=O) groups excluding carboxylic acids is 1. The van der Waals surface area contributed by atoms with Crippen LogP contribution < -0.4 is 5.32 Å². The van der Waals surface area contributed by atoms with Gasteiger partial charge in [0.25, 0.3) is 5.91 Å². The monoisotopic (exact) mass is 336 g/mol. The molecule has 0 unspecified atom stereocenters. The first-order valence-electron chi connectivity index (χ1n) is 7.39. The molecule has 1 aromatic carbocycles. The van der Waals surface area contributed by atoms with Crippen LogP contribution in [0.5, 0.6) is 0 Å². The van der Waals surface area contributed by atoms with E-state index in [9.17, 15) is 9.59 Å². The van der Waals surface area contributed by atoms with Crippen LogP contribution in [0.2, 0.25) is 5.02 Å². The minimum atomic E-state index is -0.949. The molecule has 6 nitrogen and oxygen atoms in total. The third kappa shape index (κ3) is 3.18. The maximum atomic E-state index is 12.6. The average molecular weight is 337 g/mol. The zero-order chi connectivity index (χ0) is 16.4. The predicted octanol–water partition coefficient (Wildman–Crippen LogP) is 2.58. The summed E-state index contributed by atoms with van der Waals surface area (Å²) in [5.41, 5.74) is 0.216. The van der Waals surface area contributed by atoms with Gasteiger partial charge in [-0.2, -0.15) is 0 Å². The maximum absolute atomic E-state index is 12.6. The highest BCUT2D eigenvalue weighted by Crippen LogP contribution is 2.29. The van der Waals surface area contributed by atoms with Crippen molar-refractivity contribution in [2.24, 2.45) is 0 Å². The number of carboxylic acids is 1. The molecule has 1 aliphatic heterocycles. The summed E-state index contributed by atoms with van der Waals surface area (Å²) in [6, 6.07) is 7.35. The van der Waals surface area contributed by atoms with Gasteiger partial charge in [-0.1, -0.05) is 29.8 Å². The van der Waals surface area contributed by atoms with Gasteiger partial charge >= 0.3 is 5.97 Å². The minimum Gasteiger partial charge on any atom is -0.481 e. The normalized spacial score (nSPS) is 17.1. The summed E-state index contributed by atoms with van der Waals surface area (Å²) in [7, 11) is 0. The zero-order valence-corrected chi connectivity index (χ0v) is 13.2. The number of aromatic nitrogens is 1. The highest BCUT2D eigenvalue weighted by atomic mass is 35.5. The number of aliphatic carboxylic acids is 1. The van der Waals surface area contributed by atoms with Crippen LogP contribution in [-0.4, -0.2) is 40.7 Å². The molecule has 0 radical (unpaired) electrons. The molecular weight excluding hydrogens is 320 g/mol. The third-order valence-corrected chi connectivity index (χ3v) is 4.58. The summed E-state index contributed by atoms with van der Waals surface area (Å²) in [5, 5.41) is 13.1. The first kappa shape index (κ1) is 15.8. The fourth-order valence-electron chi connectivity index (χ4n) is 2.97. The number of rotatable bonds is 4. The molecule has 0 atom stereocenters. The Morgan fingerprint density at radius 3 is 2.65 bits per heavy atom. The molecule has 122 valence electrons. The summed E-state index contributed by atoms with van der Waals surface area (Å²) in [4.78, 5) is 26.8. The Morgan fingerprint density at radius 2 is 2.00 bits per heavy atom. The van der Waals surface area contributed by atoms with E-state index in [4.69, 9.17) is 21.4 Å².